The van der Waals surface area contributed by atoms with Crippen LogP contribution in [0.2, 0.25) is 0 Å². The van der Waals surface area contributed by atoms with Gasteiger partial charge in [0.15, 0.2) is 0 Å². The molecule has 0 bridgehead atoms. The quantitative estimate of drug-likeness (QED) is 0.866. The molecule has 1 saturated carbocycles. The third kappa shape index (κ3) is 3.75. The van der Waals surface area contributed by atoms with Crippen molar-refractivity contribution < 1.29 is 26.4 Å². The normalized spacial score (nSPS) is 17.3. The summed E-state index contributed by atoms with van der Waals surface area (Å²) in [5, 5.41) is 0. The molecule has 1 aromatic rings. The summed E-state index contributed by atoms with van der Waals surface area (Å²) in [6.45, 7) is 1.13. The molecule has 0 atom stereocenters. The Morgan fingerprint density at radius 2 is 1.86 bits per heavy atom. The van der Waals surface area contributed by atoms with Crippen molar-refractivity contribution in [3.8, 4) is 0 Å². The Morgan fingerprint density at radius 3 is 2.43 bits per heavy atom. The number of halogens is 3. The van der Waals surface area contributed by atoms with Crippen LogP contribution < -0.4 is 4.89 Å². The molecule has 0 aromatic heterocycles. The lowest BCUT2D eigenvalue weighted by Crippen LogP contribution is -2.29. The Balaban J connectivity index is 2.23. The molecule has 1 aromatic carbocycles. The Kier molecular flexibility index (Phi) is 4.60. The molecule has 1 N–H and O–H groups in total. The molecular formula is C13H16F3NO3S. The van der Waals surface area contributed by atoms with Crippen LogP contribution in [-0.2, 0) is 21.0 Å². The fourth-order valence-electron chi connectivity index (χ4n) is 2.40. The first kappa shape index (κ1) is 16.3. The molecule has 1 fully saturated rings. The van der Waals surface area contributed by atoms with E-state index in [1.54, 1.807) is 0 Å². The van der Waals surface area contributed by atoms with Crippen molar-refractivity contribution in [3.63, 3.8) is 0 Å². The zero-order valence-corrected chi connectivity index (χ0v) is 12.2. The van der Waals surface area contributed by atoms with Gasteiger partial charge in [0.05, 0.1) is 16.6 Å². The largest absolute Gasteiger partial charge is 0.416 e. The van der Waals surface area contributed by atoms with Gasteiger partial charge in [0.1, 0.15) is 0 Å². The van der Waals surface area contributed by atoms with E-state index in [-0.39, 0.29) is 11.7 Å². The SMILES string of the molecule is Cc1c(C(F)(F)F)cccc1S(=O)(=O)NOC1CCCC1. The minimum absolute atomic E-state index is 0.217. The fraction of sp³-hybridized carbons (Fsp3) is 0.538. The van der Waals surface area contributed by atoms with Gasteiger partial charge in [-0.25, -0.2) is 8.42 Å². The van der Waals surface area contributed by atoms with Gasteiger partial charge in [0.2, 0.25) is 0 Å². The van der Waals surface area contributed by atoms with E-state index in [1.807, 2.05) is 4.89 Å². The Hall–Kier alpha value is -1.12. The van der Waals surface area contributed by atoms with Crippen molar-refractivity contribution >= 4 is 10.0 Å². The standard InChI is InChI=1S/C13H16F3NO3S/c1-9-11(13(14,15)16)7-4-8-12(9)21(18,19)17-20-10-5-2-3-6-10/h4,7-8,10,17H,2-3,5-6H2,1H3. The van der Waals surface area contributed by atoms with Crippen molar-refractivity contribution in [1.82, 2.24) is 4.89 Å². The lowest BCUT2D eigenvalue weighted by atomic mass is 10.1. The second-order valence-electron chi connectivity index (χ2n) is 5.04. The monoisotopic (exact) mass is 323 g/mol. The highest BCUT2D eigenvalue weighted by Crippen LogP contribution is 2.34. The van der Waals surface area contributed by atoms with Gasteiger partial charge in [-0.3, -0.25) is 4.84 Å². The van der Waals surface area contributed by atoms with Crippen LogP contribution >= 0.6 is 0 Å². The van der Waals surface area contributed by atoms with Crippen molar-refractivity contribution in [2.45, 2.75) is 49.8 Å². The fourth-order valence-corrected chi connectivity index (χ4v) is 3.52. The molecular weight excluding hydrogens is 307 g/mol. The second-order valence-corrected chi connectivity index (χ2v) is 6.65. The summed E-state index contributed by atoms with van der Waals surface area (Å²) < 4.78 is 62.6. The van der Waals surface area contributed by atoms with E-state index < -0.39 is 26.7 Å². The van der Waals surface area contributed by atoms with Crippen LogP contribution in [0.5, 0.6) is 0 Å². The van der Waals surface area contributed by atoms with E-state index >= 15 is 0 Å². The maximum atomic E-state index is 12.8. The van der Waals surface area contributed by atoms with Crippen LogP contribution in [0, 0.1) is 6.92 Å². The molecule has 4 nitrogen and oxygen atoms in total. The molecule has 0 radical (unpaired) electrons. The summed E-state index contributed by atoms with van der Waals surface area (Å²) >= 11 is 0. The van der Waals surface area contributed by atoms with Crippen LogP contribution in [0.1, 0.15) is 36.8 Å². The summed E-state index contributed by atoms with van der Waals surface area (Å²) in [5.74, 6) is 0. The smallest absolute Gasteiger partial charge is 0.284 e. The van der Waals surface area contributed by atoms with E-state index in [0.717, 1.165) is 50.8 Å². The molecule has 8 heteroatoms. The third-order valence-electron chi connectivity index (χ3n) is 3.51. The van der Waals surface area contributed by atoms with Gasteiger partial charge in [0, 0.05) is 0 Å². The maximum Gasteiger partial charge on any atom is 0.416 e. The summed E-state index contributed by atoms with van der Waals surface area (Å²) in [6.07, 6.45) is -1.43. The van der Waals surface area contributed by atoms with Crippen molar-refractivity contribution in [2.24, 2.45) is 0 Å². The Morgan fingerprint density at radius 1 is 1.24 bits per heavy atom. The average molecular weight is 323 g/mol. The first-order chi connectivity index (χ1) is 9.72. The van der Waals surface area contributed by atoms with Crippen molar-refractivity contribution in [3.05, 3.63) is 29.3 Å². The lowest BCUT2D eigenvalue weighted by molar-refractivity contribution is -0.138. The predicted octanol–water partition coefficient (Wildman–Crippen LogP) is 3.17. The highest BCUT2D eigenvalue weighted by atomic mass is 32.2. The molecule has 118 valence electrons. The second kappa shape index (κ2) is 5.94. The molecule has 0 amide bonds. The summed E-state index contributed by atoms with van der Waals surface area (Å²) in [4.78, 5) is 6.60. The number of rotatable bonds is 4. The number of alkyl halides is 3. The van der Waals surface area contributed by atoms with Gasteiger partial charge in [-0.15, -0.1) is 0 Å². The number of hydrogen-bond acceptors (Lipinski definition) is 3. The third-order valence-corrected chi connectivity index (χ3v) is 4.84. The van der Waals surface area contributed by atoms with Crippen molar-refractivity contribution in [2.75, 3.05) is 0 Å². The zero-order chi connectivity index (χ0) is 15.7. The molecule has 0 spiro atoms. The van der Waals surface area contributed by atoms with Crippen LogP contribution in [0.3, 0.4) is 0 Å². The predicted molar refractivity (Wildman–Crippen MR) is 69.8 cm³/mol. The molecule has 0 aliphatic heterocycles. The highest BCUT2D eigenvalue weighted by Gasteiger charge is 2.34. The molecule has 1 aliphatic carbocycles. The number of benzene rings is 1. The minimum atomic E-state index is -4.60. The highest BCUT2D eigenvalue weighted by molar-refractivity contribution is 7.89. The topological polar surface area (TPSA) is 55.4 Å². The Labute approximate surface area is 121 Å². The van der Waals surface area contributed by atoms with Gasteiger partial charge >= 0.3 is 6.18 Å². The number of nitrogens with one attached hydrogen (secondary N) is 1. The lowest BCUT2D eigenvalue weighted by Gasteiger charge is -2.16. The summed E-state index contributed by atoms with van der Waals surface area (Å²) in [6, 6.07) is 3.05. The average Bonchev–Trinajstić information content (AvgIpc) is 2.88. The number of sulfonamides is 1. The van der Waals surface area contributed by atoms with Gasteiger partial charge in [0.25, 0.3) is 10.0 Å². The first-order valence-electron chi connectivity index (χ1n) is 6.56. The molecule has 21 heavy (non-hydrogen) atoms. The first-order valence-corrected chi connectivity index (χ1v) is 8.04. The minimum Gasteiger partial charge on any atom is -0.284 e. The maximum absolute atomic E-state index is 12.8. The zero-order valence-electron chi connectivity index (χ0n) is 11.4. The summed E-state index contributed by atoms with van der Waals surface area (Å²) in [5.41, 5.74) is -1.31. The molecule has 1 aliphatic rings. The van der Waals surface area contributed by atoms with E-state index in [4.69, 9.17) is 4.84 Å². The molecule has 2 rings (SSSR count). The van der Waals surface area contributed by atoms with Gasteiger partial charge in [-0.05, 0) is 37.5 Å². The van der Waals surface area contributed by atoms with Crippen molar-refractivity contribution in [1.29, 1.82) is 0 Å². The van der Waals surface area contributed by atoms with Crippen LogP contribution in [0.25, 0.3) is 0 Å². The van der Waals surface area contributed by atoms with Crippen LogP contribution in [-0.4, -0.2) is 14.5 Å². The summed E-state index contributed by atoms with van der Waals surface area (Å²) in [7, 11) is -4.13. The van der Waals surface area contributed by atoms with E-state index in [1.165, 1.54) is 0 Å². The van der Waals surface area contributed by atoms with Crippen LogP contribution in [0.4, 0.5) is 13.2 Å². The van der Waals surface area contributed by atoms with Crippen LogP contribution in [0.15, 0.2) is 23.1 Å². The number of hydrogen-bond donors (Lipinski definition) is 1. The van der Waals surface area contributed by atoms with E-state index in [2.05, 4.69) is 0 Å². The molecule has 0 heterocycles. The molecule has 0 unspecified atom stereocenters. The van der Waals surface area contributed by atoms with Gasteiger partial charge in [-0.2, -0.15) is 13.2 Å². The van der Waals surface area contributed by atoms with E-state index in [0.29, 0.717) is 0 Å². The van der Waals surface area contributed by atoms with Gasteiger partial charge in [-0.1, -0.05) is 23.8 Å². The Bertz CT molecular complexity index is 608. The van der Waals surface area contributed by atoms with Gasteiger partial charge < -0.3 is 0 Å². The van der Waals surface area contributed by atoms with E-state index in [9.17, 15) is 21.6 Å². The molecule has 0 saturated heterocycles.